The summed E-state index contributed by atoms with van der Waals surface area (Å²) in [5, 5.41) is 3.83. The first-order valence-corrected chi connectivity index (χ1v) is 9.92. The highest BCUT2D eigenvalue weighted by atomic mass is 127. The number of rotatable bonds is 4. The van der Waals surface area contributed by atoms with Gasteiger partial charge in [-0.3, -0.25) is 0 Å². The van der Waals surface area contributed by atoms with Gasteiger partial charge in [0.15, 0.2) is 0 Å². The van der Waals surface area contributed by atoms with Gasteiger partial charge in [-0.25, -0.2) is 9.97 Å². The SMILES string of the molecule is CCNc1nc(C2CSCCS2)nc(C(C)C)c1I. The minimum Gasteiger partial charge on any atom is -0.369 e. The third-order valence-corrected chi connectivity index (χ3v) is 6.70. The molecule has 1 aliphatic rings. The highest BCUT2D eigenvalue weighted by molar-refractivity contribution is 14.1. The van der Waals surface area contributed by atoms with Crippen molar-refractivity contribution in [2.24, 2.45) is 0 Å². The quantitative estimate of drug-likeness (QED) is 0.757. The van der Waals surface area contributed by atoms with E-state index in [-0.39, 0.29) is 0 Å². The smallest absolute Gasteiger partial charge is 0.144 e. The summed E-state index contributed by atoms with van der Waals surface area (Å²) in [5.41, 5.74) is 1.18. The fourth-order valence-corrected chi connectivity index (χ4v) is 5.58. The molecule has 2 heterocycles. The fourth-order valence-electron chi connectivity index (χ4n) is 1.93. The zero-order valence-electron chi connectivity index (χ0n) is 11.6. The molecule has 1 fully saturated rings. The molecule has 1 aromatic rings. The Morgan fingerprint density at radius 2 is 2.16 bits per heavy atom. The lowest BCUT2D eigenvalue weighted by Crippen LogP contribution is -2.15. The number of aromatic nitrogens is 2. The van der Waals surface area contributed by atoms with Gasteiger partial charge in [-0.05, 0) is 35.4 Å². The Kier molecular flexibility index (Phi) is 6.08. The average Bonchev–Trinajstić information content (AvgIpc) is 2.42. The van der Waals surface area contributed by atoms with E-state index >= 15 is 0 Å². The standard InChI is InChI=1S/C13H20IN3S2/c1-4-15-13-10(14)11(8(2)3)16-12(17-13)9-7-18-5-6-19-9/h8-9H,4-7H2,1-3H3,(H,15,16,17). The molecule has 3 nitrogen and oxygen atoms in total. The topological polar surface area (TPSA) is 37.8 Å². The molecule has 0 spiro atoms. The zero-order valence-corrected chi connectivity index (χ0v) is 15.4. The number of thioether (sulfide) groups is 2. The van der Waals surface area contributed by atoms with Crippen molar-refractivity contribution in [3.63, 3.8) is 0 Å². The number of nitrogens with one attached hydrogen (secondary N) is 1. The Balaban J connectivity index is 2.36. The second-order valence-electron chi connectivity index (χ2n) is 4.75. The second-order valence-corrected chi connectivity index (χ2v) is 8.29. The van der Waals surface area contributed by atoms with E-state index in [0.717, 1.165) is 23.9 Å². The van der Waals surface area contributed by atoms with E-state index in [1.54, 1.807) is 0 Å². The lowest BCUT2D eigenvalue weighted by atomic mass is 10.1. The van der Waals surface area contributed by atoms with Crippen LogP contribution in [-0.4, -0.2) is 33.8 Å². The summed E-state index contributed by atoms with van der Waals surface area (Å²) < 4.78 is 1.17. The molecule has 0 amide bonds. The zero-order chi connectivity index (χ0) is 13.8. The first-order valence-electron chi connectivity index (χ1n) is 6.64. The van der Waals surface area contributed by atoms with Crippen LogP contribution in [0.15, 0.2) is 0 Å². The molecule has 1 N–H and O–H groups in total. The number of nitrogens with zero attached hydrogens (tertiary/aromatic N) is 2. The van der Waals surface area contributed by atoms with E-state index in [0.29, 0.717) is 11.2 Å². The Morgan fingerprint density at radius 1 is 1.37 bits per heavy atom. The van der Waals surface area contributed by atoms with Gasteiger partial charge in [0.05, 0.1) is 14.5 Å². The molecule has 0 aliphatic carbocycles. The third-order valence-electron chi connectivity index (χ3n) is 2.89. The molecule has 1 aliphatic heterocycles. The molecule has 0 radical (unpaired) electrons. The maximum Gasteiger partial charge on any atom is 0.144 e. The maximum atomic E-state index is 4.85. The average molecular weight is 409 g/mol. The monoisotopic (exact) mass is 409 g/mol. The lowest BCUT2D eigenvalue weighted by molar-refractivity contribution is 0.776. The number of anilines is 1. The molecule has 2 rings (SSSR count). The van der Waals surface area contributed by atoms with Gasteiger partial charge in [0, 0.05) is 23.8 Å². The maximum absolute atomic E-state index is 4.85. The number of halogens is 1. The van der Waals surface area contributed by atoms with Crippen LogP contribution in [0.25, 0.3) is 0 Å². The first-order chi connectivity index (χ1) is 9.13. The van der Waals surface area contributed by atoms with Crippen LogP contribution >= 0.6 is 46.1 Å². The van der Waals surface area contributed by atoms with Gasteiger partial charge in [-0.2, -0.15) is 11.8 Å². The Hall–Kier alpha value is 0.310. The summed E-state index contributed by atoms with van der Waals surface area (Å²) in [6.07, 6.45) is 0. The molecule has 1 unspecified atom stereocenters. The van der Waals surface area contributed by atoms with Crippen molar-refractivity contribution in [3.8, 4) is 0 Å². The minimum atomic E-state index is 0.437. The Morgan fingerprint density at radius 3 is 2.74 bits per heavy atom. The second kappa shape index (κ2) is 7.36. The molecule has 1 aromatic heterocycles. The van der Waals surface area contributed by atoms with Crippen molar-refractivity contribution < 1.29 is 0 Å². The Labute approximate surface area is 137 Å². The van der Waals surface area contributed by atoms with Gasteiger partial charge in [0.1, 0.15) is 11.6 Å². The largest absolute Gasteiger partial charge is 0.369 e. The van der Waals surface area contributed by atoms with E-state index in [1.807, 2.05) is 23.5 Å². The van der Waals surface area contributed by atoms with Crippen LogP contribution in [0, 0.1) is 3.57 Å². The van der Waals surface area contributed by atoms with Crippen molar-refractivity contribution in [2.75, 3.05) is 29.1 Å². The first kappa shape index (κ1) is 15.7. The predicted molar refractivity (Wildman–Crippen MR) is 95.5 cm³/mol. The lowest BCUT2D eigenvalue weighted by Gasteiger charge is -2.22. The van der Waals surface area contributed by atoms with Crippen LogP contribution in [0.2, 0.25) is 0 Å². The normalized spacial score (nSPS) is 19.7. The van der Waals surface area contributed by atoms with Gasteiger partial charge in [0.2, 0.25) is 0 Å². The van der Waals surface area contributed by atoms with Crippen LogP contribution in [0.5, 0.6) is 0 Å². The van der Waals surface area contributed by atoms with Crippen LogP contribution < -0.4 is 5.32 Å². The number of hydrogen-bond donors (Lipinski definition) is 1. The van der Waals surface area contributed by atoms with Crippen LogP contribution in [0.4, 0.5) is 5.82 Å². The van der Waals surface area contributed by atoms with Crippen molar-refractivity contribution in [2.45, 2.75) is 31.9 Å². The van der Waals surface area contributed by atoms with E-state index in [1.165, 1.54) is 20.8 Å². The summed E-state index contributed by atoms with van der Waals surface area (Å²) in [4.78, 5) is 9.61. The molecular formula is C13H20IN3S2. The van der Waals surface area contributed by atoms with E-state index in [4.69, 9.17) is 9.97 Å². The molecule has 0 saturated carbocycles. The van der Waals surface area contributed by atoms with Crippen molar-refractivity contribution in [1.82, 2.24) is 9.97 Å². The van der Waals surface area contributed by atoms with Crippen molar-refractivity contribution >= 4 is 51.9 Å². The third kappa shape index (κ3) is 3.91. The molecule has 19 heavy (non-hydrogen) atoms. The molecule has 6 heteroatoms. The molecule has 0 bridgehead atoms. The van der Waals surface area contributed by atoms with E-state index in [2.05, 4.69) is 48.7 Å². The molecule has 1 atom stereocenters. The summed E-state index contributed by atoms with van der Waals surface area (Å²) in [6.45, 7) is 7.41. The molecule has 1 saturated heterocycles. The summed E-state index contributed by atoms with van der Waals surface area (Å²) >= 11 is 6.37. The highest BCUT2D eigenvalue weighted by Gasteiger charge is 2.23. The van der Waals surface area contributed by atoms with Gasteiger partial charge in [-0.1, -0.05) is 13.8 Å². The Bertz CT molecular complexity index is 434. The predicted octanol–water partition coefficient (Wildman–Crippen LogP) is 4.16. The van der Waals surface area contributed by atoms with Gasteiger partial charge in [0.25, 0.3) is 0 Å². The van der Waals surface area contributed by atoms with E-state index < -0.39 is 0 Å². The van der Waals surface area contributed by atoms with Crippen molar-refractivity contribution in [1.29, 1.82) is 0 Å². The van der Waals surface area contributed by atoms with Gasteiger partial charge < -0.3 is 5.32 Å². The fraction of sp³-hybridized carbons (Fsp3) is 0.692. The molecule has 0 aromatic carbocycles. The van der Waals surface area contributed by atoms with Crippen LogP contribution in [-0.2, 0) is 0 Å². The van der Waals surface area contributed by atoms with Crippen LogP contribution in [0.1, 0.15) is 43.5 Å². The minimum absolute atomic E-state index is 0.437. The highest BCUT2D eigenvalue weighted by Crippen LogP contribution is 2.37. The van der Waals surface area contributed by atoms with Crippen LogP contribution in [0.3, 0.4) is 0 Å². The molecule has 106 valence electrons. The van der Waals surface area contributed by atoms with Crippen molar-refractivity contribution in [3.05, 3.63) is 15.1 Å². The van der Waals surface area contributed by atoms with Gasteiger partial charge >= 0.3 is 0 Å². The van der Waals surface area contributed by atoms with E-state index in [9.17, 15) is 0 Å². The summed E-state index contributed by atoms with van der Waals surface area (Å²) in [6, 6.07) is 0. The summed E-state index contributed by atoms with van der Waals surface area (Å²) in [7, 11) is 0. The van der Waals surface area contributed by atoms with Gasteiger partial charge in [-0.15, -0.1) is 11.8 Å². The summed E-state index contributed by atoms with van der Waals surface area (Å²) in [5.74, 6) is 6.05. The molecular weight excluding hydrogens is 389 g/mol. The number of hydrogen-bond acceptors (Lipinski definition) is 5.